The van der Waals surface area contributed by atoms with Crippen molar-refractivity contribution >= 4 is 0 Å². The molecule has 0 rings (SSSR count). The summed E-state index contributed by atoms with van der Waals surface area (Å²) in [5.74, 6) is 0. The number of nitrogens with zero attached hydrogens (tertiary/aromatic N) is 1. The van der Waals surface area contributed by atoms with E-state index >= 15 is 0 Å². The highest BCUT2D eigenvalue weighted by Crippen LogP contribution is 2.17. The van der Waals surface area contributed by atoms with Gasteiger partial charge in [-0.25, -0.2) is 0 Å². The average molecular weight is 591 g/mol. The van der Waals surface area contributed by atoms with Crippen LogP contribution in [0.15, 0.2) is 12.7 Å². The van der Waals surface area contributed by atoms with Crippen LogP contribution in [0.2, 0.25) is 0 Å². The van der Waals surface area contributed by atoms with Crippen molar-refractivity contribution in [3.63, 3.8) is 0 Å². The summed E-state index contributed by atoms with van der Waals surface area (Å²) in [6.45, 7) is 12.6. The first-order chi connectivity index (χ1) is 20.7. The summed E-state index contributed by atoms with van der Waals surface area (Å²) in [5, 5.41) is 0. The van der Waals surface area contributed by atoms with E-state index in [0.29, 0.717) is 0 Å². The van der Waals surface area contributed by atoms with Gasteiger partial charge in [0.2, 0.25) is 0 Å². The highest BCUT2D eigenvalue weighted by Gasteiger charge is 2.18. The summed E-state index contributed by atoms with van der Waals surface area (Å²) < 4.78 is 1.22. The Labute approximate surface area is 269 Å². The molecule has 0 spiro atoms. The zero-order chi connectivity index (χ0) is 30.7. The van der Waals surface area contributed by atoms with Gasteiger partial charge in [0.25, 0.3) is 0 Å². The molecule has 0 aromatic carbocycles. The van der Waals surface area contributed by atoms with Gasteiger partial charge in [-0.3, -0.25) is 0 Å². The molecule has 0 amide bonds. The lowest BCUT2D eigenvalue weighted by Crippen LogP contribution is -2.45. The Morgan fingerprint density at radius 1 is 0.333 bits per heavy atom. The minimum Gasteiger partial charge on any atom is -0.323 e. The van der Waals surface area contributed by atoms with E-state index in [0.717, 1.165) is 6.54 Å². The lowest BCUT2D eigenvalue weighted by molar-refractivity contribution is -0.904. The average Bonchev–Trinajstić information content (AvgIpc) is 2.98. The molecule has 0 aliphatic carbocycles. The van der Waals surface area contributed by atoms with Crippen molar-refractivity contribution in [3.05, 3.63) is 12.7 Å². The molecule has 0 aliphatic rings. The molecule has 42 heavy (non-hydrogen) atoms. The predicted molar refractivity (Wildman–Crippen MR) is 195 cm³/mol. The summed E-state index contributed by atoms with van der Waals surface area (Å²) in [6.07, 6.45) is 50.2. The zero-order valence-corrected chi connectivity index (χ0v) is 30.2. The predicted octanol–water partition coefficient (Wildman–Crippen LogP) is 14.5. The molecule has 1 nitrogen and oxygen atoms in total. The maximum Gasteiger partial charge on any atom is 0.0969 e. The van der Waals surface area contributed by atoms with Gasteiger partial charge in [-0.2, -0.15) is 0 Å². The minimum atomic E-state index is 1.15. The van der Waals surface area contributed by atoms with Crippen molar-refractivity contribution in [2.24, 2.45) is 0 Å². The summed E-state index contributed by atoms with van der Waals surface area (Å²) in [7, 11) is 2.49. The standard InChI is InChI=1S/C41H84N/c1-5-8-10-12-14-16-18-20-22-24-26-28-30-32-34-36-38-41-42(4,39-7-3)40-37-35-33-31-29-27-25-23-21-19-17-15-13-11-9-6-2/h7H,3,5-6,8-41H2,1-2,4H3/q+1. The van der Waals surface area contributed by atoms with E-state index in [2.05, 4.69) is 33.6 Å². The van der Waals surface area contributed by atoms with Crippen molar-refractivity contribution in [2.45, 2.75) is 226 Å². The second kappa shape index (κ2) is 35.2. The molecule has 1 heteroatoms. The SMILES string of the molecule is C=CC[N+](C)(CCCCCCCCCCCCCCCCCC)CCCCCCCCCCCCCCCCCCC. The molecular formula is C41H84N+. The van der Waals surface area contributed by atoms with E-state index in [-0.39, 0.29) is 0 Å². The highest BCUT2D eigenvalue weighted by molar-refractivity contribution is 4.66. The second-order valence-electron chi connectivity index (χ2n) is 14.5. The Morgan fingerprint density at radius 3 is 0.714 bits per heavy atom. The van der Waals surface area contributed by atoms with E-state index in [1.54, 1.807) is 0 Å². The molecule has 0 aliphatic heterocycles. The molecule has 0 heterocycles. The largest absolute Gasteiger partial charge is 0.323 e. The summed E-state index contributed by atoms with van der Waals surface area (Å²) in [6, 6.07) is 0. The number of rotatable bonds is 37. The van der Waals surface area contributed by atoms with E-state index in [4.69, 9.17) is 0 Å². The molecule has 0 fully saturated rings. The third kappa shape index (κ3) is 32.6. The molecule has 0 radical (unpaired) electrons. The Hall–Kier alpha value is -0.300. The van der Waals surface area contributed by atoms with Crippen LogP contribution in [0.4, 0.5) is 0 Å². The quantitative estimate of drug-likeness (QED) is 0.0383. The first kappa shape index (κ1) is 41.7. The zero-order valence-electron chi connectivity index (χ0n) is 30.2. The monoisotopic (exact) mass is 591 g/mol. The van der Waals surface area contributed by atoms with Crippen molar-refractivity contribution in [2.75, 3.05) is 26.7 Å². The molecular weight excluding hydrogens is 506 g/mol. The van der Waals surface area contributed by atoms with E-state index in [1.807, 2.05) is 0 Å². The Kier molecular flexibility index (Phi) is 34.9. The summed E-state index contributed by atoms with van der Waals surface area (Å²) in [4.78, 5) is 0. The van der Waals surface area contributed by atoms with E-state index < -0.39 is 0 Å². The fourth-order valence-electron chi connectivity index (χ4n) is 6.87. The molecule has 0 saturated heterocycles. The highest BCUT2D eigenvalue weighted by atomic mass is 15.3. The van der Waals surface area contributed by atoms with Gasteiger partial charge in [0.05, 0.1) is 26.7 Å². The Bertz CT molecular complexity index is 499. The second-order valence-corrected chi connectivity index (χ2v) is 14.5. The fourth-order valence-corrected chi connectivity index (χ4v) is 6.87. The van der Waals surface area contributed by atoms with Crippen LogP contribution in [0, 0.1) is 0 Å². The van der Waals surface area contributed by atoms with Gasteiger partial charge < -0.3 is 4.48 Å². The van der Waals surface area contributed by atoms with Gasteiger partial charge in [-0.05, 0) is 31.8 Å². The van der Waals surface area contributed by atoms with E-state index in [1.165, 1.54) is 229 Å². The molecule has 0 N–H and O–H groups in total. The molecule has 1 atom stereocenters. The number of likely N-dealkylation sites (N-methyl/N-ethyl adjacent to an activating group) is 1. The third-order valence-corrected chi connectivity index (χ3v) is 9.92. The van der Waals surface area contributed by atoms with Crippen molar-refractivity contribution < 1.29 is 4.48 Å². The van der Waals surface area contributed by atoms with Gasteiger partial charge in [-0.15, -0.1) is 0 Å². The Morgan fingerprint density at radius 2 is 0.524 bits per heavy atom. The fraction of sp³-hybridized carbons (Fsp3) is 0.951. The molecule has 0 aromatic heterocycles. The maximum absolute atomic E-state index is 4.08. The van der Waals surface area contributed by atoms with Gasteiger partial charge in [0.1, 0.15) is 0 Å². The molecule has 252 valence electrons. The molecule has 0 aromatic rings. The summed E-state index contributed by atoms with van der Waals surface area (Å²) >= 11 is 0. The van der Waals surface area contributed by atoms with Crippen LogP contribution in [0.3, 0.4) is 0 Å². The maximum atomic E-state index is 4.08. The van der Waals surface area contributed by atoms with Gasteiger partial charge in [0, 0.05) is 0 Å². The number of hydrogen-bond acceptors (Lipinski definition) is 0. The number of quaternary nitrogens is 1. The van der Waals surface area contributed by atoms with Crippen LogP contribution in [0.25, 0.3) is 0 Å². The Balaban J connectivity index is 3.49. The molecule has 1 unspecified atom stereocenters. The lowest BCUT2D eigenvalue weighted by Gasteiger charge is -2.34. The lowest BCUT2D eigenvalue weighted by atomic mass is 10.0. The van der Waals surface area contributed by atoms with Crippen molar-refractivity contribution in [3.8, 4) is 0 Å². The smallest absolute Gasteiger partial charge is 0.0969 e. The van der Waals surface area contributed by atoms with Crippen LogP contribution in [-0.4, -0.2) is 31.2 Å². The van der Waals surface area contributed by atoms with Gasteiger partial charge in [-0.1, -0.05) is 207 Å². The first-order valence-corrected chi connectivity index (χ1v) is 20.1. The third-order valence-electron chi connectivity index (χ3n) is 9.92. The van der Waals surface area contributed by atoms with Crippen molar-refractivity contribution in [1.82, 2.24) is 0 Å². The molecule has 0 bridgehead atoms. The van der Waals surface area contributed by atoms with Gasteiger partial charge >= 0.3 is 0 Å². The van der Waals surface area contributed by atoms with Crippen LogP contribution in [-0.2, 0) is 0 Å². The van der Waals surface area contributed by atoms with Crippen LogP contribution in [0.5, 0.6) is 0 Å². The minimum absolute atomic E-state index is 1.15. The van der Waals surface area contributed by atoms with Crippen LogP contribution in [0.1, 0.15) is 226 Å². The topological polar surface area (TPSA) is 0 Å². The number of unbranched alkanes of at least 4 members (excludes halogenated alkanes) is 31. The van der Waals surface area contributed by atoms with E-state index in [9.17, 15) is 0 Å². The molecule has 0 saturated carbocycles. The summed E-state index contributed by atoms with van der Waals surface area (Å²) in [5.41, 5.74) is 0. The normalized spacial score (nSPS) is 13.0. The van der Waals surface area contributed by atoms with Gasteiger partial charge in [0.15, 0.2) is 0 Å². The van der Waals surface area contributed by atoms with Crippen LogP contribution >= 0.6 is 0 Å². The number of hydrogen-bond donors (Lipinski definition) is 0. The van der Waals surface area contributed by atoms with Crippen molar-refractivity contribution in [1.29, 1.82) is 0 Å². The first-order valence-electron chi connectivity index (χ1n) is 20.1. The van der Waals surface area contributed by atoms with Crippen LogP contribution < -0.4 is 0 Å².